The Balaban J connectivity index is 5.26. The van der Waals surface area contributed by atoms with E-state index in [9.17, 15) is 43.2 Å². The summed E-state index contributed by atoms with van der Waals surface area (Å²) in [7, 11) is -9.91. The van der Waals surface area contributed by atoms with Crippen LogP contribution in [0.1, 0.15) is 370 Å². The molecular weight excluding hydrogens is 1210 g/mol. The molecule has 92 heavy (non-hydrogen) atoms. The van der Waals surface area contributed by atoms with Gasteiger partial charge in [-0.05, 0) is 43.4 Å². The number of hydrogen-bond acceptors (Lipinski definition) is 15. The largest absolute Gasteiger partial charge is 0.472 e. The lowest BCUT2D eigenvalue weighted by atomic mass is 9.99. The first-order chi connectivity index (χ1) is 44.3. The predicted molar refractivity (Wildman–Crippen MR) is 372 cm³/mol. The van der Waals surface area contributed by atoms with Crippen molar-refractivity contribution in [3.05, 3.63) is 0 Å². The smallest absolute Gasteiger partial charge is 0.462 e. The van der Waals surface area contributed by atoms with Crippen molar-refractivity contribution in [2.75, 3.05) is 39.6 Å². The first-order valence-corrected chi connectivity index (χ1v) is 40.9. The molecule has 0 aromatic heterocycles. The minimum Gasteiger partial charge on any atom is -0.462 e. The van der Waals surface area contributed by atoms with Crippen LogP contribution in [0.2, 0.25) is 0 Å². The van der Waals surface area contributed by atoms with Gasteiger partial charge < -0.3 is 33.8 Å². The third kappa shape index (κ3) is 64.1. The summed E-state index contributed by atoms with van der Waals surface area (Å²) >= 11 is 0. The highest BCUT2D eigenvalue weighted by molar-refractivity contribution is 7.47. The average Bonchev–Trinajstić information content (AvgIpc) is 3.02. The zero-order valence-corrected chi connectivity index (χ0v) is 61.8. The third-order valence-electron chi connectivity index (χ3n) is 17.6. The Morgan fingerprint density at radius 3 is 0.826 bits per heavy atom. The Hall–Kier alpha value is -1.94. The van der Waals surface area contributed by atoms with Gasteiger partial charge in [-0.25, -0.2) is 9.13 Å². The molecule has 0 bridgehead atoms. The molecule has 0 aliphatic carbocycles. The van der Waals surface area contributed by atoms with Crippen LogP contribution in [0.25, 0.3) is 0 Å². The maximum absolute atomic E-state index is 13.1. The molecule has 0 spiro atoms. The van der Waals surface area contributed by atoms with Gasteiger partial charge in [0.25, 0.3) is 0 Å². The number of rotatable bonds is 71. The average molecular weight is 1350 g/mol. The summed E-state index contributed by atoms with van der Waals surface area (Å²) in [5.41, 5.74) is 0. The number of unbranched alkanes of at least 4 members (excludes halogenated alkanes) is 37. The summed E-state index contributed by atoms with van der Waals surface area (Å²) in [6.45, 7) is 11.8. The van der Waals surface area contributed by atoms with Gasteiger partial charge in [0.15, 0.2) is 12.2 Å². The zero-order valence-electron chi connectivity index (χ0n) is 60.0. The molecule has 4 unspecified atom stereocenters. The number of phosphoric acid groups is 2. The van der Waals surface area contributed by atoms with Crippen molar-refractivity contribution in [2.45, 2.75) is 388 Å². The SMILES string of the molecule is CCCCCCCCCCCCCCCCCCC(=O)O[C@H](COC(=O)CCCCCCCCCCCCCC(C)C)COP(=O)(O)OC[C@@H](O)COP(=O)(O)OC[C@@H](COC(=O)CCCCCCCCC(C)CC)OC(=O)CCCCCCCCCCC(C)CC. The summed E-state index contributed by atoms with van der Waals surface area (Å²) in [6, 6.07) is 0. The van der Waals surface area contributed by atoms with Gasteiger partial charge in [-0.3, -0.25) is 37.3 Å². The molecule has 0 saturated carbocycles. The molecule has 0 fully saturated rings. The number of hydrogen-bond donors (Lipinski definition) is 3. The van der Waals surface area contributed by atoms with E-state index >= 15 is 0 Å². The van der Waals surface area contributed by atoms with Crippen molar-refractivity contribution in [3.8, 4) is 0 Å². The zero-order chi connectivity index (χ0) is 68.0. The van der Waals surface area contributed by atoms with Crippen LogP contribution in [0.4, 0.5) is 0 Å². The molecule has 0 aromatic carbocycles. The molecule has 0 amide bonds. The second kappa shape index (κ2) is 63.8. The highest BCUT2D eigenvalue weighted by Crippen LogP contribution is 2.45. The first-order valence-electron chi connectivity index (χ1n) is 37.9. The Bertz CT molecular complexity index is 1810. The van der Waals surface area contributed by atoms with Gasteiger partial charge in [0.1, 0.15) is 19.3 Å². The van der Waals surface area contributed by atoms with E-state index in [1.54, 1.807) is 0 Å². The highest BCUT2D eigenvalue weighted by atomic mass is 31.2. The van der Waals surface area contributed by atoms with E-state index in [1.165, 1.54) is 173 Å². The molecule has 19 heteroatoms. The molecule has 0 rings (SSSR count). The number of aliphatic hydroxyl groups excluding tert-OH is 1. The second-order valence-corrected chi connectivity index (χ2v) is 30.2. The molecule has 0 saturated heterocycles. The van der Waals surface area contributed by atoms with Gasteiger partial charge in [0, 0.05) is 25.7 Å². The van der Waals surface area contributed by atoms with E-state index in [-0.39, 0.29) is 25.7 Å². The maximum Gasteiger partial charge on any atom is 0.472 e. The molecular formula is C73H142O17P2. The maximum atomic E-state index is 13.1. The van der Waals surface area contributed by atoms with Gasteiger partial charge in [-0.2, -0.15) is 0 Å². The van der Waals surface area contributed by atoms with Crippen LogP contribution in [0, 0.1) is 17.8 Å². The van der Waals surface area contributed by atoms with Crippen molar-refractivity contribution >= 4 is 39.5 Å². The van der Waals surface area contributed by atoms with Crippen LogP contribution in [0.5, 0.6) is 0 Å². The molecule has 546 valence electrons. The topological polar surface area (TPSA) is 237 Å². The van der Waals surface area contributed by atoms with Crippen LogP contribution in [0.15, 0.2) is 0 Å². The Kier molecular flexibility index (Phi) is 62.4. The molecule has 0 aromatic rings. The number of carbonyl (C=O) groups is 4. The summed E-state index contributed by atoms with van der Waals surface area (Å²) < 4.78 is 68.4. The molecule has 0 heterocycles. The third-order valence-corrected chi connectivity index (χ3v) is 19.5. The van der Waals surface area contributed by atoms with Crippen molar-refractivity contribution in [2.24, 2.45) is 17.8 Å². The second-order valence-electron chi connectivity index (χ2n) is 27.3. The van der Waals surface area contributed by atoms with Crippen LogP contribution >= 0.6 is 15.6 Å². The van der Waals surface area contributed by atoms with E-state index < -0.39 is 97.5 Å². The first kappa shape index (κ1) is 90.1. The lowest BCUT2D eigenvalue weighted by Gasteiger charge is -2.21. The summed E-state index contributed by atoms with van der Waals surface area (Å²) in [5.74, 6) is 0.148. The quantitative estimate of drug-likeness (QED) is 0.0222. The Morgan fingerprint density at radius 1 is 0.315 bits per heavy atom. The fraction of sp³-hybridized carbons (Fsp3) is 0.945. The minimum absolute atomic E-state index is 0.104. The fourth-order valence-electron chi connectivity index (χ4n) is 11.0. The normalized spacial score (nSPS) is 14.7. The molecule has 3 N–H and O–H groups in total. The number of phosphoric ester groups is 2. The number of aliphatic hydroxyl groups is 1. The van der Waals surface area contributed by atoms with Crippen molar-refractivity contribution in [3.63, 3.8) is 0 Å². The standard InChI is InChI=1S/C73H142O17P2/c1-8-11-12-13-14-15-16-17-18-19-20-23-27-33-42-49-56-72(77)89-68(60-83-70(75)54-47-40-32-26-24-21-22-25-30-37-44-51-64(4)5)62-87-91(79,80)85-58-67(74)59-86-92(81,82)88-63-69(61-84-71(76)55-48-41-36-35-39-46-53-66(7)10-3)90-73(78)57-50-43-34-29-28-31-38-45-52-65(6)9-2/h64-69,74H,8-63H2,1-7H3,(H,79,80)(H,81,82)/t65?,66?,67-,68-,69-/m1/s1. The van der Waals surface area contributed by atoms with E-state index in [0.717, 1.165) is 114 Å². The Morgan fingerprint density at radius 2 is 0.554 bits per heavy atom. The summed E-state index contributed by atoms with van der Waals surface area (Å²) in [5, 5.41) is 10.6. The monoisotopic (exact) mass is 1350 g/mol. The van der Waals surface area contributed by atoms with Gasteiger partial charge in [0.05, 0.1) is 26.4 Å². The minimum atomic E-state index is -4.96. The molecule has 0 radical (unpaired) electrons. The predicted octanol–water partition coefficient (Wildman–Crippen LogP) is 21.0. The highest BCUT2D eigenvalue weighted by Gasteiger charge is 2.30. The number of esters is 4. The number of carbonyl (C=O) groups excluding carboxylic acids is 4. The summed E-state index contributed by atoms with van der Waals surface area (Å²) in [6.07, 6.45) is 48.5. The van der Waals surface area contributed by atoms with Gasteiger partial charge >= 0.3 is 39.5 Å². The van der Waals surface area contributed by atoms with E-state index in [2.05, 4.69) is 48.5 Å². The van der Waals surface area contributed by atoms with E-state index in [4.69, 9.17) is 37.0 Å². The van der Waals surface area contributed by atoms with Gasteiger partial charge in [-0.15, -0.1) is 0 Å². The molecule has 0 aliphatic heterocycles. The van der Waals surface area contributed by atoms with Crippen LogP contribution in [-0.2, 0) is 65.4 Å². The lowest BCUT2D eigenvalue weighted by Crippen LogP contribution is -2.30. The van der Waals surface area contributed by atoms with Gasteiger partial charge in [-0.1, -0.05) is 318 Å². The van der Waals surface area contributed by atoms with E-state index in [0.29, 0.717) is 25.7 Å². The van der Waals surface area contributed by atoms with Crippen molar-refractivity contribution in [1.29, 1.82) is 0 Å². The molecule has 0 aliphatic rings. The fourth-order valence-corrected chi connectivity index (χ4v) is 12.6. The van der Waals surface area contributed by atoms with Crippen molar-refractivity contribution < 1.29 is 80.2 Å². The molecule has 7 atom stereocenters. The number of ether oxygens (including phenoxy) is 4. The van der Waals surface area contributed by atoms with E-state index in [1.807, 2.05) is 0 Å². The van der Waals surface area contributed by atoms with Crippen LogP contribution < -0.4 is 0 Å². The molecule has 17 nitrogen and oxygen atoms in total. The van der Waals surface area contributed by atoms with Crippen LogP contribution in [-0.4, -0.2) is 96.7 Å². The lowest BCUT2D eigenvalue weighted by molar-refractivity contribution is -0.161. The van der Waals surface area contributed by atoms with Crippen LogP contribution in [0.3, 0.4) is 0 Å². The van der Waals surface area contributed by atoms with Gasteiger partial charge in [0.2, 0.25) is 0 Å². The Labute approximate surface area is 562 Å². The summed E-state index contributed by atoms with van der Waals surface area (Å²) in [4.78, 5) is 72.7. The van der Waals surface area contributed by atoms with Crippen molar-refractivity contribution in [1.82, 2.24) is 0 Å².